The van der Waals surface area contributed by atoms with E-state index in [1.165, 1.54) is 4.90 Å². The predicted molar refractivity (Wildman–Crippen MR) is 70.5 cm³/mol. The number of rotatable bonds is 5. The van der Waals surface area contributed by atoms with Gasteiger partial charge in [0.15, 0.2) is 0 Å². The zero-order valence-electron chi connectivity index (χ0n) is 11.6. The summed E-state index contributed by atoms with van der Waals surface area (Å²) >= 11 is 0. The number of H-pyrrole nitrogens is 2. The molecule has 1 aromatic heterocycles. The molecule has 0 unspecified atom stereocenters. The van der Waals surface area contributed by atoms with Crippen LogP contribution in [0.1, 0.15) is 31.3 Å². The van der Waals surface area contributed by atoms with E-state index in [-0.39, 0.29) is 24.9 Å². The largest absolute Gasteiger partial charge is 0.465 e. The van der Waals surface area contributed by atoms with Gasteiger partial charge in [-0.1, -0.05) is 0 Å². The van der Waals surface area contributed by atoms with Gasteiger partial charge in [0.2, 0.25) is 0 Å². The molecular weight excluding hydrogens is 266 g/mol. The van der Waals surface area contributed by atoms with Crippen LogP contribution in [0, 0.1) is 0 Å². The van der Waals surface area contributed by atoms with E-state index >= 15 is 0 Å². The number of aromatic nitrogens is 2. The molecule has 0 saturated heterocycles. The van der Waals surface area contributed by atoms with E-state index in [4.69, 9.17) is 4.74 Å². The third-order valence-corrected chi connectivity index (χ3v) is 2.48. The summed E-state index contributed by atoms with van der Waals surface area (Å²) in [4.78, 5) is 51.5. The second-order valence-corrected chi connectivity index (χ2v) is 4.33. The van der Waals surface area contributed by atoms with Crippen LogP contribution in [0.5, 0.6) is 0 Å². The van der Waals surface area contributed by atoms with Crippen LogP contribution in [-0.4, -0.2) is 45.9 Å². The van der Waals surface area contributed by atoms with Gasteiger partial charge in [0.25, 0.3) is 11.5 Å². The van der Waals surface area contributed by atoms with Crippen molar-refractivity contribution >= 4 is 11.9 Å². The van der Waals surface area contributed by atoms with E-state index in [9.17, 15) is 19.2 Å². The van der Waals surface area contributed by atoms with Crippen LogP contribution in [0.15, 0.2) is 15.7 Å². The van der Waals surface area contributed by atoms with Gasteiger partial charge in [-0.15, -0.1) is 0 Å². The quantitative estimate of drug-likeness (QED) is 0.706. The van der Waals surface area contributed by atoms with Crippen LogP contribution in [0.25, 0.3) is 0 Å². The zero-order chi connectivity index (χ0) is 15.3. The first-order valence-corrected chi connectivity index (χ1v) is 6.15. The Labute approximate surface area is 114 Å². The summed E-state index contributed by atoms with van der Waals surface area (Å²) in [6, 6.07) is 0.680. The molecule has 110 valence electrons. The van der Waals surface area contributed by atoms with E-state index in [1.54, 1.807) is 20.8 Å². The highest BCUT2D eigenvalue weighted by molar-refractivity contribution is 5.94. The Kier molecular flexibility index (Phi) is 5.24. The summed E-state index contributed by atoms with van der Waals surface area (Å²) < 4.78 is 4.78. The van der Waals surface area contributed by atoms with Crippen molar-refractivity contribution in [1.29, 1.82) is 0 Å². The van der Waals surface area contributed by atoms with Gasteiger partial charge in [0.05, 0.1) is 6.61 Å². The number of ether oxygens (including phenoxy) is 1. The Balaban J connectivity index is 3.02. The van der Waals surface area contributed by atoms with Crippen molar-refractivity contribution in [3.8, 4) is 0 Å². The van der Waals surface area contributed by atoms with Gasteiger partial charge in [-0.05, 0) is 20.8 Å². The maximum atomic E-state index is 12.2. The van der Waals surface area contributed by atoms with Crippen molar-refractivity contribution in [3.05, 3.63) is 32.6 Å². The lowest BCUT2D eigenvalue weighted by molar-refractivity contribution is -0.144. The van der Waals surface area contributed by atoms with E-state index in [0.717, 1.165) is 6.07 Å². The Morgan fingerprint density at radius 2 is 1.95 bits per heavy atom. The normalized spacial score (nSPS) is 10.4. The van der Waals surface area contributed by atoms with Crippen molar-refractivity contribution in [2.24, 2.45) is 0 Å². The van der Waals surface area contributed by atoms with Crippen LogP contribution in [0.4, 0.5) is 0 Å². The molecule has 1 heterocycles. The molecular formula is C12H17N3O5. The SMILES string of the molecule is CCOC(=O)CN(C(=O)c1cc(=O)[nH]c(=O)[nH]1)C(C)C. The number of hydrogen-bond acceptors (Lipinski definition) is 5. The highest BCUT2D eigenvalue weighted by atomic mass is 16.5. The molecule has 0 aliphatic rings. The van der Waals surface area contributed by atoms with E-state index in [0.29, 0.717) is 0 Å². The summed E-state index contributed by atoms with van der Waals surface area (Å²) in [5.41, 5.74) is -1.63. The van der Waals surface area contributed by atoms with E-state index in [1.807, 2.05) is 4.98 Å². The van der Waals surface area contributed by atoms with Gasteiger partial charge in [0.1, 0.15) is 12.2 Å². The van der Waals surface area contributed by atoms with Crippen molar-refractivity contribution in [2.45, 2.75) is 26.8 Å². The summed E-state index contributed by atoms with van der Waals surface area (Å²) in [6.45, 7) is 5.04. The summed E-state index contributed by atoms with van der Waals surface area (Å²) in [7, 11) is 0. The molecule has 8 nitrogen and oxygen atoms in total. The first-order chi connectivity index (χ1) is 9.35. The van der Waals surface area contributed by atoms with Crippen molar-refractivity contribution in [2.75, 3.05) is 13.2 Å². The second kappa shape index (κ2) is 6.69. The number of hydrogen-bond donors (Lipinski definition) is 2. The third-order valence-electron chi connectivity index (χ3n) is 2.48. The Morgan fingerprint density at radius 3 is 2.45 bits per heavy atom. The van der Waals surface area contributed by atoms with Gasteiger partial charge in [-0.3, -0.25) is 19.4 Å². The number of carbonyl (C=O) groups excluding carboxylic acids is 2. The topological polar surface area (TPSA) is 112 Å². The molecule has 0 radical (unpaired) electrons. The summed E-state index contributed by atoms with van der Waals surface area (Å²) in [5, 5.41) is 0. The van der Waals surface area contributed by atoms with Gasteiger partial charge in [-0.25, -0.2) is 4.79 Å². The Hall–Kier alpha value is -2.38. The Bertz CT molecular complexity index is 573. The van der Waals surface area contributed by atoms with Gasteiger partial charge in [0, 0.05) is 12.1 Å². The van der Waals surface area contributed by atoms with Crippen molar-refractivity contribution < 1.29 is 14.3 Å². The minimum absolute atomic E-state index is 0.170. The van der Waals surface area contributed by atoms with Crippen LogP contribution in [0.3, 0.4) is 0 Å². The molecule has 0 spiro atoms. The minimum atomic E-state index is -0.777. The van der Waals surface area contributed by atoms with Crippen molar-refractivity contribution in [3.63, 3.8) is 0 Å². The number of aromatic amines is 2. The lowest BCUT2D eigenvalue weighted by Crippen LogP contribution is -2.42. The van der Waals surface area contributed by atoms with E-state index < -0.39 is 23.1 Å². The average Bonchev–Trinajstić information content (AvgIpc) is 2.34. The highest BCUT2D eigenvalue weighted by Gasteiger charge is 2.23. The van der Waals surface area contributed by atoms with Crippen LogP contribution >= 0.6 is 0 Å². The van der Waals surface area contributed by atoms with Crippen LogP contribution < -0.4 is 11.2 Å². The molecule has 0 saturated carbocycles. The van der Waals surface area contributed by atoms with Crippen molar-refractivity contribution in [1.82, 2.24) is 14.9 Å². The van der Waals surface area contributed by atoms with Gasteiger partial charge < -0.3 is 14.6 Å². The number of nitrogens with one attached hydrogen (secondary N) is 2. The predicted octanol–water partition coefficient (Wildman–Crippen LogP) is -0.523. The van der Waals surface area contributed by atoms with Crippen LogP contribution in [-0.2, 0) is 9.53 Å². The summed E-state index contributed by atoms with van der Waals surface area (Å²) in [6.07, 6.45) is 0. The average molecular weight is 283 g/mol. The minimum Gasteiger partial charge on any atom is -0.465 e. The summed E-state index contributed by atoms with van der Waals surface area (Å²) in [5.74, 6) is -1.17. The molecule has 0 atom stereocenters. The number of amides is 1. The smallest absolute Gasteiger partial charge is 0.326 e. The first-order valence-electron chi connectivity index (χ1n) is 6.15. The lowest BCUT2D eigenvalue weighted by Gasteiger charge is -2.25. The molecule has 1 amide bonds. The molecule has 20 heavy (non-hydrogen) atoms. The zero-order valence-corrected chi connectivity index (χ0v) is 11.6. The third kappa shape index (κ3) is 4.08. The highest BCUT2D eigenvalue weighted by Crippen LogP contribution is 2.04. The molecule has 0 aliphatic heterocycles. The van der Waals surface area contributed by atoms with Gasteiger partial charge in [-0.2, -0.15) is 0 Å². The first kappa shape index (κ1) is 15.7. The maximum Gasteiger partial charge on any atom is 0.326 e. The maximum absolute atomic E-state index is 12.2. The number of carbonyl (C=O) groups is 2. The molecule has 1 rings (SSSR count). The Morgan fingerprint density at radius 1 is 1.30 bits per heavy atom. The molecule has 2 N–H and O–H groups in total. The molecule has 0 bridgehead atoms. The molecule has 8 heteroatoms. The van der Waals surface area contributed by atoms with Gasteiger partial charge >= 0.3 is 11.7 Å². The molecule has 0 aromatic carbocycles. The fourth-order valence-electron chi connectivity index (χ4n) is 1.57. The lowest BCUT2D eigenvalue weighted by atomic mass is 10.2. The number of nitrogens with zero attached hydrogens (tertiary/aromatic N) is 1. The molecule has 0 fully saturated rings. The monoisotopic (exact) mass is 283 g/mol. The number of esters is 1. The van der Waals surface area contributed by atoms with E-state index in [2.05, 4.69) is 4.98 Å². The standard InChI is InChI=1S/C12H17N3O5/c1-4-20-10(17)6-15(7(2)3)11(18)8-5-9(16)14-12(19)13-8/h5,7H,4,6H2,1-3H3,(H2,13,14,16,19). The second-order valence-electron chi connectivity index (χ2n) is 4.33. The fraction of sp³-hybridized carbons (Fsp3) is 0.500. The fourth-order valence-corrected chi connectivity index (χ4v) is 1.57. The molecule has 1 aromatic rings. The van der Waals surface area contributed by atoms with Crippen LogP contribution in [0.2, 0.25) is 0 Å². The molecule has 0 aliphatic carbocycles.